The summed E-state index contributed by atoms with van der Waals surface area (Å²) in [6, 6.07) is 11.6. The Hall–Kier alpha value is -4.24. The number of ketones is 1. The molecular formula is C31H32N2O6S. The maximum atomic E-state index is 13.5. The molecule has 1 aromatic heterocycles. The standard InChI is InChI=1S/C31H32N2O6S/c1-8-15-39-29(37)27-18(3)32-30(40-27)33-24(19-9-12-21(13-10-19)31(4,5)6)23(26(35)28(33)36)25(34)20-11-14-22(38-7)17(2)16-20/h8-14,16,24,34H,1,15H2,2-7H3/t24-/m0/s1. The second kappa shape index (κ2) is 11.1. The number of benzene rings is 2. The minimum Gasteiger partial charge on any atom is -0.507 e. The summed E-state index contributed by atoms with van der Waals surface area (Å²) in [4.78, 5) is 45.6. The first kappa shape index (κ1) is 28.8. The van der Waals surface area contributed by atoms with Crippen LogP contribution >= 0.6 is 11.3 Å². The van der Waals surface area contributed by atoms with E-state index in [0.29, 0.717) is 22.6 Å². The monoisotopic (exact) mass is 560 g/mol. The number of nitrogens with zero attached hydrogens (tertiary/aromatic N) is 2. The van der Waals surface area contributed by atoms with Gasteiger partial charge in [0.1, 0.15) is 23.0 Å². The van der Waals surface area contributed by atoms with E-state index in [4.69, 9.17) is 9.47 Å². The molecule has 208 valence electrons. The van der Waals surface area contributed by atoms with Gasteiger partial charge in [-0.1, -0.05) is 69.0 Å². The number of thiazole rings is 1. The molecule has 8 nitrogen and oxygen atoms in total. The van der Waals surface area contributed by atoms with Gasteiger partial charge in [-0.15, -0.1) is 0 Å². The summed E-state index contributed by atoms with van der Waals surface area (Å²) >= 11 is 0.956. The number of aromatic nitrogens is 1. The third kappa shape index (κ3) is 5.29. The van der Waals surface area contributed by atoms with Gasteiger partial charge in [0.05, 0.1) is 24.4 Å². The maximum absolute atomic E-state index is 13.5. The number of Topliss-reactive ketones (excluding diaryl/α,β-unsaturated/α-hetero) is 1. The third-order valence-electron chi connectivity index (χ3n) is 6.71. The van der Waals surface area contributed by atoms with Crippen molar-refractivity contribution in [3.8, 4) is 5.75 Å². The number of aliphatic hydroxyl groups excluding tert-OH is 1. The number of ether oxygens (including phenoxy) is 2. The molecule has 3 aromatic rings. The van der Waals surface area contributed by atoms with Crippen molar-refractivity contribution in [1.29, 1.82) is 0 Å². The van der Waals surface area contributed by atoms with Gasteiger partial charge in [-0.3, -0.25) is 14.5 Å². The average molecular weight is 561 g/mol. The normalized spacial score (nSPS) is 16.8. The van der Waals surface area contributed by atoms with Gasteiger partial charge in [0.2, 0.25) is 0 Å². The SMILES string of the molecule is C=CCOC(=O)c1sc(N2C(=O)C(=O)C(=C(O)c3ccc(OC)c(C)c3)[C@@H]2c2ccc(C(C)(C)C)cc2)nc1C. The van der Waals surface area contributed by atoms with E-state index >= 15 is 0 Å². The summed E-state index contributed by atoms with van der Waals surface area (Å²) in [5.74, 6) is -1.98. The van der Waals surface area contributed by atoms with Crippen LogP contribution in [0.3, 0.4) is 0 Å². The Morgan fingerprint density at radius 2 is 1.82 bits per heavy atom. The van der Waals surface area contributed by atoms with E-state index in [9.17, 15) is 19.5 Å². The molecule has 40 heavy (non-hydrogen) atoms. The number of amides is 1. The van der Waals surface area contributed by atoms with Gasteiger partial charge in [0, 0.05) is 5.56 Å². The van der Waals surface area contributed by atoms with Crippen LogP contribution in [0.1, 0.15) is 64.4 Å². The number of aliphatic hydroxyl groups is 1. The van der Waals surface area contributed by atoms with Gasteiger partial charge >= 0.3 is 11.9 Å². The predicted octanol–water partition coefficient (Wildman–Crippen LogP) is 6.04. The van der Waals surface area contributed by atoms with E-state index < -0.39 is 23.7 Å². The van der Waals surface area contributed by atoms with Crippen LogP contribution in [0.2, 0.25) is 0 Å². The third-order valence-corrected chi connectivity index (χ3v) is 7.85. The molecule has 0 radical (unpaired) electrons. The van der Waals surface area contributed by atoms with Gasteiger partial charge in [-0.05, 0) is 54.2 Å². The van der Waals surface area contributed by atoms with E-state index in [0.717, 1.165) is 22.5 Å². The van der Waals surface area contributed by atoms with Crippen molar-refractivity contribution in [2.75, 3.05) is 18.6 Å². The predicted molar refractivity (Wildman–Crippen MR) is 155 cm³/mol. The number of rotatable bonds is 7. The smallest absolute Gasteiger partial charge is 0.350 e. The molecule has 0 spiro atoms. The minimum atomic E-state index is -0.973. The molecule has 2 aromatic carbocycles. The van der Waals surface area contributed by atoms with Crippen LogP contribution < -0.4 is 9.64 Å². The van der Waals surface area contributed by atoms with Gasteiger partial charge in [-0.25, -0.2) is 9.78 Å². The lowest BCUT2D eigenvalue weighted by atomic mass is 9.85. The molecule has 1 fully saturated rings. The Labute approximate surface area is 237 Å². The molecule has 0 bridgehead atoms. The number of aryl methyl sites for hydroxylation is 2. The lowest BCUT2D eigenvalue weighted by Gasteiger charge is -2.25. The van der Waals surface area contributed by atoms with Gasteiger partial charge < -0.3 is 14.6 Å². The number of hydrogen-bond donors (Lipinski definition) is 1. The summed E-state index contributed by atoms with van der Waals surface area (Å²) < 4.78 is 10.5. The van der Waals surface area contributed by atoms with Crippen molar-refractivity contribution in [2.24, 2.45) is 0 Å². The number of anilines is 1. The molecule has 2 heterocycles. The lowest BCUT2D eigenvalue weighted by molar-refractivity contribution is -0.132. The first-order chi connectivity index (χ1) is 18.9. The topological polar surface area (TPSA) is 106 Å². The van der Waals surface area contributed by atoms with Crippen molar-refractivity contribution < 1.29 is 29.0 Å². The summed E-state index contributed by atoms with van der Waals surface area (Å²) in [5, 5.41) is 11.6. The molecule has 1 atom stereocenters. The molecule has 1 aliphatic rings. The summed E-state index contributed by atoms with van der Waals surface area (Å²) in [7, 11) is 1.55. The Kier molecular flexibility index (Phi) is 7.98. The van der Waals surface area contributed by atoms with Crippen LogP contribution in [-0.2, 0) is 19.7 Å². The molecule has 1 N–H and O–H groups in total. The van der Waals surface area contributed by atoms with Crippen LogP contribution in [0.25, 0.3) is 5.76 Å². The van der Waals surface area contributed by atoms with Gasteiger partial charge in [-0.2, -0.15) is 0 Å². The Balaban J connectivity index is 1.90. The van der Waals surface area contributed by atoms with Crippen LogP contribution in [0.4, 0.5) is 5.13 Å². The van der Waals surface area contributed by atoms with E-state index in [1.54, 1.807) is 32.2 Å². The highest BCUT2D eigenvalue weighted by Gasteiger charge is 2.48. The quantitative estimate of drug-likeness (QED) is 0.124. The molecule has 1 saturated heterocycles. The summed E-state index contributed by atoms with van der Waals surface area (Å²) in [5.41, 5.74) is 2.99. The fraction of sp³-hybridized carbons (Fsp3) is 0.290. The van der Waals surface area contributed by atoms with Gasteiger partial charge in [0.15, 0.2) is 5.13 Å². The zero-order chi connectivity index (χ0) is 29.4. The Morgan fingerprint density at radius 1 is 1.15 bits per heavy atom. The molecule has 0 saturated carbocycles. The summed E-state index contributed by atoms with van der Waals surface area (Å²) in [6.07, 6.45) is 1.45. The zero-order valence-electron chi connectivity index (χ0n) is 23.4. The van der Waals surface area contributed by atoms with Crippen molar-refractivity contribution in [3.63, 3.8) is 0 Å². The van der Waals surface area contributed by atoms with Crippen LogP contribution in [0, 0.1) is 13.8 Å². The van der Waals surface area contributed by atoms with Crippen molar-refractivity contribution in [1.82, 2.24) is 4.98 Å². The second-order valence-corrected chi connectivity index (χ2v) is 11.5. The number of hydrogen-bond acceptors (Lipinski definition) is 8. The first-order valence-corrected chi connectivity index (χ1v) is 13.5. The summed E-state index contributed by atoms with van der Waals surface area (Å²) in [6.45, 7) is 13.3. The number of methoxy groups -OCH3 is 1. The maximum Gasteiger partial charge on any atom is 0.350 e. The van der Waals surface area contributed by atoms with E-state index in [2.05, 4.69) is 32.3 Å². The largest absolute Gasteiger partial charge is 0.507 e. The molecule has 1 amide bonds. The molecule has 9 heteroatoms. The molecule has 0 aliphatic carbocycles. The number of carbonyl (C=O) groups is 3. The Bertz CT molecular complexity index is 1530. The zero-order valence-corrected chi connectivity index (χ0v) is 24.2. The van der Waals surface area contributed by atoms with Gasteiger partial charge in [0.25, 0.3) is 5.78 Å². The van der Waals surface area contributed by atoms with Crippen LogP contribution in [0.5, 0.6) is 5.75 Å². The van der Waals surface area contributed by atoms with Crippen molar-refractivity contribution in [2.45, 2.75) is 46.1 Å². The van der Waals surface area contributed by atoms with E-state index in [1.165, 1.54) is 11.0 Å². The van der Waals surface area contributed by atoms with Crippen molar-refractivity contribution >= 4 is 39.9 Å². The number of carbonyl (C=O) groups excluding carboxylic acids is 3. The highest BCUT2D eigenvalue weighted by Crippen LogP contribution is 2.44. The fourth-order valence-corrected chi connectivity index (χ4v) is 5.55. The average Bonchev–Trinajstić information content (AvgIpc) is 3.42. The Morgan fingerprint density at radius 3 is 2.40 bits per heavy atom. The molecule has 4 rings (SSSR count). The molecule has 1 aliphatic heterocycles. The lowest BCUT2D eigenvalue weighted by Crippen LogP contribution is -2.29. The van der Waals surface area contributed by atoms with E-state index in [1.807, 2.05) is 31.2 Å². The first-order valence-electron chi connectivity index (χ1n) is 12.7. The second-order valence-electron chi connectivity index (χ2n) is 10.5. The fourth-order valence-electron chi connectivity index (χ4n) is 4.57. The molecule has 0 unspecified atom stereocenters. The molecular weight excluding hydrogens is 528 g/mol. The highest BCUT2D eigenvalue weighted by molar-refractivity contribution is 7.17. The number of esters is 1. The van der Waals surface area contributed by atoms with E-state index in [-0.39, 0.29) is 33.4 Å². The highest BCUT2D eigenvalue weighted by atomic mass is 32.1. The van der Waals surface area contributed by atoms with Crippen LogP contribution in [-0.4, -0.2) is 41.5 Å². The van der Waals surface area contributed by atoms with Crippen LogP contribution in [0.15, 0.2) is 60.7 Å². The van der Waals surface area contributed by atoms with Crippen molar-refractivity contribution in [3.05, 3.63) is 93.5 Å². The minimum absolute atomic E-state index is 0.0252.